The number of benzene rings is 3. The minimum Gasteiger partial charge on any atom is -0.508 e. The van der Waals surface area contributed by atoms with E-state index in [1.165, 1.54) is 37.3 Å². The number of anilines is 1. The Morgan fingerprint density at radius 1 is 0.973 bits per heavy atom. The summed E-state index contributed by atoms with van der Waals surface area (Å²) in [5.41, 5.74) is 1.73. The van der Waals surface area contributed by atoms with Crippen molar-refractivity contribution in [1.82, 2.24) is 0 Å². The Kier molecular flexibility index (Phi) is 7.39. The number of methoxy groups -OCH3 is 2. The number of aromatic hydroxyl groups is 1. The molecule has 1 unspecified atom stereocenters. The summed E-state index contributed by atoms with van der Waals surface area (Å²) in [4.78, 5) is 28.1. The number of Topliss-reactive ketones (excluding diaryl/α,β-unsaturated/α-hetero) is 1. The summed E-state index contributed by atoms with van der Waals surface area (Å²) in [5, 5.41) is 21.7. The zero-order valence-corrected chi connectivity index (χ0v) is 22.1. The SMILES string of the molecule is COc1c(Cl)cc(/C(O)=C2\C(=O)C(=O)N(c3ccc(C(C)C)cc3)C2c2cccc(O)c2)c(OC)c1Cl. The summed E-state index contributed by atoms with van der Waals surface area (Å²) in [6, 6.07) is 13.7. The van der Waals surface area contributed by atoms with Crippen LogP contribution in [0.5, 0.6) is 17.2 Å². The molecule has 3 aromatic rings. The lowest BCUT2D eigenvalue weighted by atomic mass is 9.94. The number of carbonyl (C=O) groups is 2. The molecule has 1 aliphatic rings. The first-order chi connectivity index (χ1) is 17.6. The van der Waals surface area contributed by atoms with Crippen LogP contribution < -0.4 is 14.4 Å². The standard InChI is InChI=1S/C28H25Cl2NO6/c1-14(2)15-8-10-17(11-9-15)31-23(16-6-5-7-18(32)12-16)21(25(34)28(31)35)24(33)19-13-20(29)27(37-4)22(30)26(19)36-3/h5-14,23,32-33H,1-4H3/b24-21+. The van der Waals surface area contributed by atoms with Crippen molar-refractivity contribution in [3.63, 3.8) is 0 Å². The van der Waals surface area contributed by atoms with Crippen LogP contribution in [-0.2, 0) is 9.59 Å². The average Bonchev–Trinajstić information content (AvgIpc) is 3.14. The first-order valence-corrected chi connectivity index (χ1v) is 12.2. The first-order valence-electron chi connectivity index (χ1n) is 11.4. The fourth-order valence-corrected chi connectivity index (χ4v) is 5.11. The molecule has 0 bridgehead atoms. The van der Waals surface area contributed by atoms with Crippen molar-refractivity contribution in [2.75, 3.05) is 19.1 Å². The molecule has 2 N–H and O–H groups in total. The lowest BCUT2D eigenvalue weighted by Crippen LogP contribution is -2.29. The van der Waals surface area contributed by atoms with E-state index < -0.39 is 23.5 Å². The number of halogens is 2. The number of hydrogen-bond acceptors (Lipinski definition) is 6. The molecule has 0 aliphatic carbocycles. The summed E-state index contributed by atoms with van der Waals surface area (Å²) < 4.78 is 10.6. The number of carbonyl (C=O) groups excluding carboxylic acids is 2. The van der Waals surface area contributed by atoms with Gasteiger partial charge in [-0.2, -0.15) is 0 Å². The highest BCUT2D eigenvalue weighted by molar-refractivity contribution is 6.52. The van der Waals surface area contributed by atoms with Crippen LogP contribution in [0.2, 0.25) is 10.0 Å². The molecule has 9 heteroatoms. The highest BCUT2D eigenvalue weighted by atomic mass is 35.5. The molecule has 0 saturated carbocycles. The quantitative estimate of drug-likeness (QED) is 0.211. The molecule has 0 spiro atoms. The molecule has 1 atom stereocenters. The zero-order valence-electron chi connectivity index (χ0n) is 20.6. The molecule has 1 aliphatic heterocycles. The van der Waals surface area contributed by atoms with Crippen LogP contribution in [-0.4, -0.2) is 36.1 Å². The van der Waals surface area contributed by atoms with Gasteiger partial charge in [-0.05, 0) is 47.4 Å². The van der Waals surface area contributed by atoms with Crippen LogP contribution in [0.25, 0.3) is 5.76 Å². The van der Waals surface area contributed by atoms with Crippen molar-refractivity contribution in [1.29, 1.82) is 0 Å². The Labute approximate surface area is 224 Å². The van der Waals surface area contributed by atoms with Crippen molar-refractivity contribution in [2.45, 2.75) is 25.8 Å². The lowest BCUT2D eigenvalue weighted by molar-refractivity contribution is -0.132. The van der Waals surface area contributed by atoms with E-state index in [9.17, 15) is 19.8 Å². The molecule has 0 aromatic heterocycles. The number of aliphatic hydroxyl groups excluding tert-OH is 1. The van der Waals surface area contributed by atoms with E-state index in [-0.39, 0.29) is 44.3 Å². The molecule has 1 heterocycles. The minimum atomic E-state index is -1.05. The van der Waals surface area contributed by atoms with E-state index in [2.05, 4.69) is 0 Å². The molecular weight excluding hydrogens is 517 g/mol. The van der Waals surface area contributed by atoms with Gasteiger partial charge in [-0.15, -0.1) is 0 Å². The van der Waals surface area contributed by atoms with E-state index in [0.717, 1.165) is 5.56 Å². The Morgan fingerprint density at radius 2 is 1.62 bits per heavy atom. The van der Waals surface area contributed by atoms with Gasteiger partial charge in [0.25, 0.3) is 11.7 Å². The number of aliphatic hydroxyl groups is 1. The minimum absolute atomic E-state index is 0.00791. The molecule has 7 nitrogen and oxygen atoms in total. The van der Waals surface area contributed by atoms with E-state index in [4.69, 9.17) is 32.7 Å². The van der Waals surface area contributed by atoms with E-state index in [1.54, 1.807) is 24.3 Å². The number of ether oxygens (including phenoxy) is 2. The topological polar surface area (TPSA) is 96.3 Å². The summed E-state index contributed by atoms with van der Waals surface area (Å²) in [7, 11) is 2.72. The second kappa shape index (κ2) is 10.4. The number of rotatable bonds is 6. The smallest absolute Gasteiger partial charge is 0.300 e. The number of nitrogens with zero attached hydrogens (tertiary/aromatic N) is 1. The third-order valence-corrected chi connectivity index (χ3v) is 6.89. The first kappa shape index (κ1) is 26.4. The largest absolute Gasteiger partial charge is 0.508 e. The molecule has 1 fully saturated rings. The van der Waals surface area contributed by atoms with Crippen molar-refractivity contribution >= 4 is 46.3 Å². The number of ketones is 1. The molecule has 37 heavy (non-hydrogen) atoms. The van der Waals surface area contributed by atoms with Crippen LogP contribution in [0.15, 0.2) is 60.2 Å². The van der Waals surface area contributed by atoms with Crippen LogP contribution in [0, 0.1) is 0 Å². The van der Waals surface area contributed by atoms with Crippen LogP contribution in [0.4, 0.5) is 5.69 Å². The maximum absolute atomic E-state index is 13.4. The summed E-state index contributed by atoms with van der Waals surface area (Å²) >= 11 is 12.7. The van der Waals surface area contributed by atoms with Gasteiger partial charge in [0, 0.05) is 5.69 Å². The van der Waals surface area contributed by atoms with Crippen molar-refractivity contribution in [3.05, 3.63) is 86.9 Å². The Bertz CT molecular complexity index is 1410. The van der Waals surface area contributed by atoms with Gasteiger partial charge in [-0.3, -0.25) is 14.5 Å². The normalized spacial score (nSPS) is 16.9. The molecule has 192 valence electrons. The third-order valence-electron chi connectivity index (χ3n) is 6.26. The molecular formula is C28H25Cl2NO6. The van der Waals surface area contributed by atoms with Crippen LogP contribution in [0.1, 0.15) is 42.5 Å². The third kappa shape index (κ3) is 4.61. The predicted octanol–water partition coefficient (Wildman–Crippen LogP) is 6.47. The Hall–Kier alpha value is -3.68. The van der Waals surface area contributed by atoms with Crippen molar-refractivity contribution in [2.24, 2.45) is 0 Å². The Balaban J connectivity index is 1.99. The summed E-state index contributed by atoms with van der Waals surface area (Å²) in [6.07, 6.45) is 0. The molecule has 0 radical (unpaired) electrons. The molecule has 1 saturated heterocycles. The molecule has 3 aromatic carbocycles. The highest BCUT2D eigenvalue weighted by Gasteiger charge is 2.47. The second-order valence-electron chi connectivity index (χ2n) is 8.80. The van der Waals surface area contributed by atoms with Gasteiger partial charge < -0.3 is 19.7 Å². The summed E-state index contributed by atoms with van der Waals surface area (Å²) in [6.45, 7) is 4.10. The van der Waals surface area contributed by atoms with Gasteiger partial charge >= 0.3 is 0 Å². The van der Waals surface area contributed by atoms with Gasteiger partial charge in [0.15, 0.2) is 11.5 Å². The fraction of sp³-hybridized carbons (Fsp3) is 0.214. The van der Waals surface area contributed by atoms with E-state index in [1.807, 2.05) is 26.0 Å². The van der Waals surface area contributed by atoms with Crippen LogP contribution >= 0.6 is 23.2 Å². The number of phenols is 1. The predicted molar refractivity (Wildman–Crippen MR) is 143 cm³/mol. The molecule has 1 amide bonds. The lowest BCUT2D eigenvalue weighted by Gasteiger charge is -2.26. The number of hydrogen-bond donors (Lipinski definition) is 2. The van der Waals surface area contributed by atoms with Gasteiger partial charge in [-0.25, -0.2) is 0 Å². The summed E-state index contributed by atoms with van der Waals surface area (Å²) in [5.74, 6) is -1.93. The maximum atomic E-state index is 13.4. The highest BCUT2D eigenvalue weighted by Crippen LogP contribution is 2.48. The van der Waals surface area contributed by atoms with E-state index in [0.29, 0.717) is 11.3 Å². The molecule has 4 rings (SSSR count). The monoisotopic (exact) mass is 541 g/mol. The zero-order chi connectivity index (χ0) is 27.0. The number of amides is 1. The maximum Gasteiger partial charge on any atom is 0.300 e. The fourth-order valence-electron chi connectivity index (χ4n) is 4.42. The van der Waals surface area contributed by atoms with Gasteiger partial charge in [-0.1, -0.05) is 61.3 Å². The van der Waals surface area contributed by atoms with Gasteiger partial charge in [0.2, 0.25) is 0 Å². The second-order valence-corrected chi connectivity index (χ2v) is 9.58. The van der Waals surface area contributed by atoms with Gasteiger partial charge in [0.05, 0.1) is 36.4 Å². The van der Waals surface area contributed by atoms with Gasteiger partial charge in [0.1, 0.15) is 16.5 Å². The van der Waals surface area contributed by atoms with Crippen LogP contribution in [0.3, 0.4) is 0 Å². The van der Waals surface area contributed by atoms with Crippen molar-refractivity contribution < 1.29 is 29.3 Å². The number of phenolic OH excluding ortho intramolecular Hbond substituents is 1. The van der Waals surface area contributed by atoms with Crippen molar-refractivity contribution in [3.8, 4) is 17.2 Å². The Morgan fingerprint density at radius 3 is 2.19 bits per heavy atom. The van der Waals surface area contributed by atoms with E-state index >= 15 is 0 Å². The average molecular weight is 542 g/mol.